The minimum Gasteiger partial charge on any atom is -0.278 e. The lowest BCUT2D eigenvalue weighted by atomic mass is 9.77. The molecule has 0 saturated heterocycles. The van der Waals surface area contributed by atoms with Crippen LogP contribution in [-0.4, -0.2) is 27.9 Å². The lowest BCUT2D eigenvalue weighted by Crippen LogP contribution is -2.11. The third kappa shape index (κ3) is 8.54. The van der Waals surface area contributed by atoms with Crippen LogP contribution in [0.4, 0.5) is 5.69 Å². The molecule has 91 heavy (non-hydrogen) atoms. The molecule has 17 rings (SSSR count). The Bertz CT molecular complexity index is 5590. The van der Waals surface area contributed by atoms with Crippen LogP contribution >= 0.6 is 0 Å². The van der Waals surface area contributed by atoms with Gasteiger partial charge in [0.2, 0.25) is 11.6 Å². The van der Waals surface area contributed by atoms with Gasteiger partial charge >= 0.3 is 0 Å². The van der Waals surface area contributed by atoms with Crippen LogP contribution in [0.5, 0.6) is 0 Å². The average Bonchev–Trinajstić information content (AvgIpc) is 1.62. The Balaban J connectivity index is 1.00. The summed E-state index contributed by atoms with van der Waals surface area (Å²) in [5.41, 5.74) is 29.1. The van der Waals surface area contributed by atoms with E-state index in [9.17, 15) is 6.57 Å². The van der Waals surface area contributed by atoms with Crippen LogP contribution < -0.4 is 0 Å². The molecule has 0 spiro atoms. The van der Waals surface area contributed by atoms with Crippen molar-refractivity contribution < 1.29 is 0 Å². The Hall–Kier alpha value is -11.3. The molecule has 0 bridgehead atoms. The molecule has 0 N–H and O–H groups in total. The summed E-state index contributed by atoms with van der Waals surface area (Å²) in [5.74, 6) is 1.36. The summed E-state index contributed by atoms with van der Waals surface area (Å²) in [4.78, 5) is 15.8. The van der Waals surface area contributed by atoms with Crippen LogP contribution in [0.2, 0.25) is 0 Å². The van der Waals surface area contributed by atoms with Crippen molar-refractivity contribution in [1.82, 2.24) is 27.9 Å². The van der Waals surface area contributed by atoms with E-state index in [0.29, 0.717) is 5.69 Å². The van der Waals surface area contributed by atoms with Gasteiger partial charge in [0.15, 0.2) is 5.69 Å². The highest BCUT2D eigenvalue weighted by molar-refractivity contribution is 6.04. The second-order valence-electron chi connectivity index (χ2n) is 26.5. The molecule has 7 heteroatoms. The number of fused-ring (bicyclic) bond motifs is 13. The first-order valence-electron chi connectivity index (χ1n) is 31.4. The van der Waals surface area contributed by atoms with Gasteiger partial charge in [0.25, 0.3) is 0 Å². The Morgan fingerprint density at radius 2 is 0.736 bits per heavy atom. The van der Waals surface area contributed by atoms with Gasteiger partial charge in [-0.05, 0) is 184 Å². The molecule has 0 fully saturated rings. The SMILES string of the molecule is [C-]#[N+]c1c(-c2ccccc2)c(-c2ccc3c(c2)n2c4cc(-c5ccccc5)ccc4nc2n3-c2ccccc2)cc(-c2ccc3c(c2)n2c4cc(-c5ccccc5)ccc4nc2n3-c2ccccc2)c1C1c2ccc(C(C)(C)C)cc2-c2cc(C(C)(C)C)ccc21. The molecule has 0 atom stereocenters. The van der Waals surface area contributed by atoms with Crippen molar-refractivity contribution in [2.24, 2.45) is 0 Å². The van der Waals surface area contributed by atoms with E-state index in [1.807, 2.05) is 0 Å². The predicted molar refractivity (Wildman–Crippen MR) is 376 cm³/mol. The normalized spacial score (nSPS) is 12.7. The van der Waals surface area contributed by atoms with Crippen molar-refractivity contribution in [3.8, 4) is 78.1 Å². The van der Waals surface area contributed by atoms with Crippen molar-refractivity contribution in [2.75, 3.05) is 0 Å². The first-order chi connectivity index (χ1) is 44.4. The molecule has 7 nitrogen and oxygen atoms in total. The fourth-order valence-electron chi connectivity index (χ4n) is 14.5. The third-order valence-electron chi connectivity index (χ3n) is 19.0. The van der Waals surface area contributed by atoms with Crippen LogP contribution in [0.15, 0.2) is 267 Å². The number of para-hydroxylation sites is 2. The predicted octanol–water partition coefficient (Wildman–Crippen LogP) is 21.8. The van der Waals surface area contributed by atoms with Crippen molar-refractivity contribution >= 4 is 61.4 Å². The quantitative estimate of drug-likeness (QED) is 0.142. The zero-order valence-corrected chi connectivity index (χ0v) is 51.6. The summed E-state index contributed by atoms with van der Waals surface area (Å²) >= 11 is 0. The summed E-state index contributed by atoms with van der Waals surface area (Å²) in [6.07, 6.45) is 0. The van der Waals surface area contributed by atoms with E-state index in [2.05, 4.69) is 326 Å². The monoisotopic (exact) mass is 1170 g/mol. The van der Waals surface area contributed by atoms with Gasteiger partial charge in [-0.1, -0.05) is 230 Å². The summed E-state index contributed by atoms with van der Waals surface area (Å²) in [6.45, 7) is 23.6. The molecule has 12 aromatic carbocycles. The second kappa shape index (κ2) is 20.4. The molecule has 0 aliphatic heterocycles. The topological polar surface area (TPSA) is 48.8 Å². The number of aromatic nitrogens is 6. The van der Waals surface area contributed by atoms with Gasteiger partial charge in [-0.15, -0.1) is 0 Å². The maximum absolute atomic E-state index is 9.85. The van der Waals surface area contributed by atoms with Crippen molar-refractivity contribution in [3.63, 3.8) is 0 Å². The molecular weight excluding hydrogens is 1110 g/mol. The molecule has 0 amide bonds. The molecule has 16 aromatic rings. The number of imidazole rings is 4. The molecule has 0 saturated carbocycles. The zero-order chi connectivity index (χ0) is 61.4. The Labute approximate surface area is 528 Å². The Morgan fingerprint density at radius 3 is 1.16 bits per heavy atom. The molecule has 1 aliphatic rings. The van der Waals surface area contributed by atoms with Gasteiger partial charge in [0.05, 0.1) is 50.7 Å². The lowest BCUT2D eigenvalue weighted by Gasteiger charge is -2.26. The molecule has 4 heterocycles. The fourth-order valence-corrected chi connectivity index (χ4v) is 14.5. The van der Waals surface area contributed by atoms with Gasteiger partial charge in [-0.3, -0.25) is 17.9 Å². The first-order valence-corrected chi connectivity index (χ1v) is 31.4. The summed E-state index contributed by atoms with van der Waals surface area (Å²) in [7, 11) is 0. The standard InChI is InChI=1S/C84H63N7/c1-83(2,3)59-37-39-63-67(49-59)68-50-60(84(4,5)6)38-40-64(68)78(63)79-66(58-36-44-72-76(48-58)91-74-46-56(53-25-15-9-16-26-53)34-42-70(74)87-82(91)89(72)62-31-21-12-22-32-62)51-65(77(80(79)85-7)54-27-17-10-18-28-54)57-35-43-71-75(47-57)90-73-45-55(52-23-13-8-14-24-52)33-41-69(73)86-81(90)88(71)61-29-19-11-20-30-61/h8-51,78H,1-6H3. The Morgan fingerprint density at radius 1 is 0.341 bits per heavy atom. The molecule has 1 aliphatic carbocycles. The highest BCUT2D eigenvalue weighted by atomic mass is 15.2. The minimum absolute atomic E-state index is 0.0952. The number of benzene rings is 12. The number of nitrogens with zero attached hydrogens (tertiary/aromatic N) is 7. The molecule has 0 unspecified atom stereocenters. The van der Waals surface area contributed by atoms with Crippen LogP contribution in [0.25, 0.3) is 139 Å². The van der Waals surface area contributed by atoms with E-state index in [-0.39, 0.29) is 16.7 Å². The van der Waals surface area contributed by atoms with E-state index < -0.39 is 0 Å². The largest absolute Gasteiger partial charge is 0.278 e. The second-order valence-corrected chi connectivity index (χ2v) is 26.5. The summed E-state index contributed by atoms with van der Waals surface area (Å²) < 4.78 is 9.25. The average molecular weight is 1170 g/mol. The van der Waals surface area contributed by atoms with E-state index in [1.165, 1.54) is 33.4 Å². The van der Waals surface area contributed by atoms with E-state index in [4.69, 9.17) is 14.8 Å². The fraction of sp³-hybridized carbons (Fsp3) is 0.107. The molecular formula is C84H63N7. The van der Waals surface area contributed by atoms with Crippen LogP contribution in [-0.2, 0) is 10.8 Å². The number of hydrogen-bond acceptors (Lipinski definition) is 2. The van der Waals surface area contributed by atoms with Gasteiger partial charge in [0, 0.05) is 17.3 Å². The van der Waals surface area contributed by atoms with Crippen LogP contribution in [0, 0.1) is 6.57 Å². The maximum atomic E-state index is 9.85. The number of rotatable bonds is 8. The van der Waals surface area contributed by atoms with Crippen molar-refractivity contribution in [2.45, 2.75) is 58.3 Å². The molecule has 434 valence electrons. The van der Waals surface area contributed by atoms with Gasteiger partial charge < -0.3 is 0 Å². The van der Waals surface area contributed by atoms with Gasteiger partial charge in [-0.2, -0.15) is 0 Å². The van der Waals surface area contributed by atoms with Crippen molar-refractivity contribution in [3.05, 3.63) is 306 Å². The smallest absolute Gasteiger partial charge is 0.220 e. The number of hydrogen-bond donors (Lipinski definition) is 0. The van der Waals surface area contributed by atoms with Gasteiger partial charge in [-0.25, -0.2) is 14.8 Å². The third-order valence-corrected chi connectivity index (χ3v) is 19.0. The molecule has 0 radical (unpaired) electrons. The van der Waals surface area contributed by atoms with Gasteiger partial charge in [0.1, 0.15) is 0 Å². The lowest BCUT2D eigenvalue weighted by molar-refractivity contribution is 0.589. The van der Waals surface area contributed by atoms with Crippen LogP contribution in [0.1, 0.15) is 75.3 Å². The summed E-state index contributed by atoms with van der Waals surface area (Å²) in [6, 6.07) is 96.7. The van der Waals surface area contributed by atoms with E-state index >= 15 is 0 Å². The molecule has 4 aromatic heterocycles. The van der Waals surface area contributed by atoms with Crippen molar-refractivity contribution in [1.29, 1.82) is 0 Å². The van der Waals surface area contributed by atoms with Crippen LogP contribution in [0.3, 0.4) is 0 Å². The zero-order valence-electron chi connectivity index (χ0n) is 51.6. The Kier molecular flexibility index (Phi) is 12.1. The highest BCUT2D eigenvalue weighted by Gasteiger charge is 2.37. The van der Waals surface area contributed by atoms with E-state index in [1.54, 1.807) is 0 Å². The minimum atomic E-state index is -0.297. The first kappa shape index (κ1) is 53.9. The van der Waals surface area contributed by atoms with E-state index in [0.717, 1.165) is 128 Å². The maximum Gasteiger partial charge on any atom is 0.220 e. The highest BCUT2D eigenvalue weighted by Crippen LogP contribution is 2.58. The summed E-state index contributed by atoms with van der Waals surface area (Å²) in [5, 5.41) is 0.